The van der Waals surface area contributed by atoms with Gasteiger partial charge >= 0.3 is 0 Å². The van der Waals surface area contributed by atoms with E-state index in [1.54, 1.807) is 7.05 Å². The van der Waals surface area contributed by atoms with Crippen molar-refractivity contribution >= 4 is 18.5 Å². The summed E-state index contributed by atoms with van der Waals surface area (Å²) >= 11 is 0. The molecule has 0 aliphatic carbocycles. The van der Waals surface area contributed by atoms with Crippen molar-refractivity contribution in [3.63, 3.8) is 0 Å². The number of aldehydes is 2. The second-order valence-corrected chi connectivity index (χ2v) is 7.55. The Morgan fingerprint density at radius 3 is 1.83 bits per heavy atom. The Bertz CT molecular complexity index is 397. The summed E-state index contributed by atoms with van der Waals surface area (Å²) < 4.78 is 0. The van der Waals surface area contributed by atoms with Crippen LogP contribution in [0.15, 0.2) is 0 Å². The van der Waals surface area contributed by atoms with Crippen LogP contribution in [0.3, 0.4) is 0 Å². The van der Waals surface area contributed by atoms with Gasteiger partial charge in [0, 0.05) is 0 Å². The van der Waals surface area contributed by atoms with Gasteiger partial charge in [-0.25, -0.2) is 5.43 Å². The predicted molar refractivity (Wildman–Crippen MR) is 96.3 cm³/mol. The maximum absolute atomic E-state index is 13.0. The minimum Gasteiger partial charge on any atom is -0.309 e. The molecule has 0 radical (unpaired) electrons. The molecule has 0 aromatic rings. The molecule has 2 N–H and O–H groups in total. The zero-order chi connectivity index (χ0) is 18.9. The number of amides is 1. The van der Waals surface area contributed by atoms with Crippen molar-refractivity contribution in [2.24, 2.45) is 17.8 Å². The van der Waals surface area contributed by atoms with Gasteiger partial charge in [0.05, 0.1) is 12.1 Å². The van der Waals surface area contributed by atoms with E-state index in [9.17, 15) is 14.4 Å². The van der Waals surface area contributed by atoms with Crippen molar-refractivity contribution in [1.82, 2.24) is 15.8 Å². The van der Waals surface area contributed by atoms with Crippen LogP contribution in [0, 0.1) is 17.8 Å². The van der Waals surface area contributed by atoms with Gasteiger partial charge in [-0.1, -0.05) is 41.5 Å². The van der Waals surface area contributed by atoms with Crippen molar-refractivity contribution in [2.75, 3.05) is 7.05 Å². The molecule has 0 saturated heterocycles. The Morgan fingerprint density at radius 2 is 1.50 bits per heavy atom. The summed E-state index contributed by atoms with van der Waals surface area (Å²) in [5.41, 5.74) is 2.99. The number of hydrogen-bond donors (Lipinski definition) is 2. The molecule has 1 amide bonds. The lowest BCUT2D eigenvalue weighted by molar-refractivity contribution is -0.145. The molecular weight excluding hydrogens is 306 g/mol. The smallest absolute Gasteiger partial charge is 0.254 e. The highest BCUT2D eigenvalue weighted by atomic mass is 16.2. The van der Waals surface area contributed by atoms with Gasteiger partial charge < -0.3 is 14.9 Å². The quantitative estimate of drug-likeness (QED) is 0.418. The van der Waals surface area contributed by atoms with Gasteiger partial charge in [-0.15, -0.1) is 0 Å². The highest BCUT2D eigenvalue weighted by Gasteiger charge is 2.32. The first kappa shape index (κ1) is 22.7. The van der Waals surface area contributed by atoms with Gasteiger partial charge in [-0.3, -0.25) is 9.80 Å². The van der Waals surface area contributed by atoms with E-state index in [1.807, 2.05) is 41.5 Å². The Balaban J connectivity index is 5.52. The van der Waals surface area contributed by atoms with E-state index in [-0.39, 0.29) is 17.7 Å². The van der Waals surface area contributed by atoms with Crippen LogP contribution < -0.4 is 10.7 Å². The summed E-state index contributed by atoms with van der Waals surface area (Å²) in [5.74, 6) is 0.405. The number of nitrogens with one attached hydrogen (secondary N) is 2. The first-order valence-electron chi connectivity index (χ1n) is 8.84. The maximum Gasteiger partial charge on any atom is 0.254 e. The summed E-state index contributed by atoms with van der Waals surface area (Å²) in [6.07, 6.45) is 2.78. The molecular formula is C18H35N3O3. The molecule has 0 spiro atoms. The molecule has 0 bridgehead atoms. The Kier molecular flexibility index (Phi) is 10.7. The molecule has 0 rings (SSSR count). The third kappa shape index (κ3) is 7.53. The molecule has 140 valence electrons. The third-order valence-electron chi connectivity index (χ3n) is 3.95. The Hall–Kier alpha value is -1.27. The average molecular weight is 341 g/mol. The molecule has 24 heavy (non-hydrogen) atoms. The summed E-state index contributed by atoms with van der Waals surface area (Å²) in [6, 6.07) is -1.51. The van der Waals surface area contributed by atoms with Crippen LogP contribution in [-0.2, 0) is 14.4 Å². The van der Waals surface area contributed by atoms with E-state index >= 15 is 0 Å². The monoisotopic (exact) mass is 341 g/mol. The fraction of sp³-hybridized carbons (Fsp3) is 0.833. The lowest BCUT2D eigenvalue weighted by Crippen LogP contribution is -2.60. The van der Waals surface area contributed by atoms with Crippen LogP contribution in [-0.4, -0.2) is 48.7 Å². The lowest BCUT2D eigenvalue weighted by Gasteiger charge is -2.35. The van der Waals surface area contributed by atoms with E-state index < -0.39 is 18.1 Å². The maximum atomic E-state index is 13.0. The third-order valence-corrected chi connectivity index (χ3v) is 3.95. The number of hydrogen-bond acceptors (Lipinski definition) is 5. The lowest BCUT2D eigenvalue weighted by atomic mass is 10.00. The first-order valence-corrected chi connectivity index (χ1v) is 8.84. The molecule has 0 heterocycles. The highest BCUT2D eigenvalue weighted by Crippen LogP contribution is 2.14. The second kappa shape index (κ2) is 11.3. The van der Waals surface area contributed by atoms with Gasteiger partial charge in [0.2, 0.25) is 0 Å². The number of rotatable bonds is 12. The topological polar surface area (TPSA) is 78.5 Å². The van der Waals surface area contributed by atoms with Crippen LogP contribution in [0.2, 0.25) is 0 Å². The SMILES string of the molecule is CN[C@@H](CC(C)C)C(=O)N(N[C@H](C=O)C(C)C)[C@H](C=O)CC(C)C. The number of nitrogens with zero attached hydrogens (tertiary/aromatic N) is 1. The molecule has 0 aromatic heterocycles. The molecule has 0 aliphatic heterocycles. The summed E-state index contributed by atoms with van der Waals surface area (Å²) in [7, 11) is 1.74. The largest absolute Gasteiger partial charge is 0.309 e. The second-order valence-electron chi connectivity index (χ2n) is 7.55. The minimum absolute atomic E-state index is 0.0160. The van der Waals surface area contributed by atoms with Gasteiger partial charge in [0.15, 0.2) is 0 Å². The van der Waals surface area contributed by atoms with Crippen LogP contribution >= 0.6 is 0 Å². The van der Waals surface area contributed by atoms with E-state index in [2.05, 4.69) is 10.7 Å². The molecule has 0 aliphatic rings. The Morgan fingerprint density at radius 1 is 0.958 bits per heavy atom. The van der Waals surface area contributed by atoms with Gasteiger partial charge in [-0.2, -0.15) is 0 Å². The van der Waals surface area contributed by atoms with Gasteiger partial charge in [0.25, 0.3) is 5.91 Å². The van der Waals surface area contributed by atoms with Crippen molar-refractivity contribution in [3.05, 3.63) is 0 Å². The number of likely N-dealkylation sites (N-methyl/N-ethyl adjacent to an activating group) is 1. The van der Waals surface area contributed by atoms with E-state index in [0.29, 0.717) is 18.8 Å². The van der Waals surface area contributed by atoms with Gasteiger partial charge in [0.1, 0.15) is 18.6 Å². The van der Waals surface area contributed by atoms with Crippen molar-refractivity contribution in [3.8, 4) is 0 Å². The van der Waals surface area contributed by atoms with Gasteiger partial charge in [-0.05, 0) is 37.6 Å². The number of carbonyl (C=O) groups is 3. The van der Waals surface area contributed by atoms with Crippen LogP contribution in [0.5, 0.6) is 0 Å². The van der Waals surface area contributed by atoms with Crippen molar-refractivity contribution in [1.29, 1.82) is 0 Å². The zero-order valence-corrected chi connectivity index (χ0v) is 16.2. The predicted octanol–water partition coefficient (Wildman–Crippen LogP) is 1.79. The summed E-state index contributed by atoms with van der Waals surface area (Å²) in [6.45, 7) is 11.9. The Labute approximate surface area is 146 Å². The summed E-state index contributed by atoms with van der Waals surface area (Å²) in [4.78, 5) is 36.0. The highest BCUT2D eigenvalue weighted by molar-refractivity contribution is 5.84. The summed E-state index contributed by atoms with van der Waals surface area (Å²) in [5, 5.41) is 4.40. The number of carbonyl (C=O) groups excluding carboxylic acids is 3. The molecule has 6 nitrogen and oxygen atoms in total. The fourth-order valence-corrected chi connectivity index (χ4v) is 2.51. The normalized spacial score (nSPS) is 15.4. The van der Waals surface area contributed by atoms with Crippen molar-refractivity contribution < 1.29 is 14.4 Å². The minimum atomic E-state index is -0.596. The molecule has 0 fully saturated rings. The van der Waals surface area contributed by atoms with Crippen LogP contribution in [0.1, 0.15) is 54.4 Å². The fourth-order valence-electron chi connectivity index (χ4n) is 2.51. The standard InChI is InChI=1S/C18H35N3O3/c1-12(2)8-15(10-22)21(20-17(11-23)14(5)6)18(24)16(19-7)9-13(3)4/h10-17,19-20H,8-9H2,1-7H3/t15-,16-,17+/m0/s1. The molecule has 3 atom stereocenters. The zero-order valence-electron chi connectivity index (χ0n) is 16.2. The molecule has 0 saturated carbocycles. The molecule has 6 heteroatoms. The van der Waals surface area contributed by atoms with Crippen molar-refractivity contribution in [2.45, 2.75) is 72.5 Å². The van der Waals surface area contributed by atoms with E-state index in [0.717, 1.165) is 12.6 Å². The van der Waals surface area contributed by atoms with Crippen LogP contribution in [0.25, 0.3) is 0 Å². The molecule has 0 aromatic carbocycles. The first-order chi connectivity index (χ1) is 11.2. The average Bonchev–Trinajstić information content (AvgIpc) is 2.50. The van der Waals surface area contributed by atoms with E-state index in [4.69, 9.17) is 0 Å². The van der Waals surface area contributed by atoms with E-state index in [1.165, 1.54) is 5.01 Å². The van der Waals surface area contributed by atoms with Crippen LogP contribution in [0.4, 0.5) is 0 Å². The molecule has 0 unspecified atom stereocenters. The number of hydrazine groups is 1.